The zero-order valence-electron chi connectivity index (χ0n) is 14.7. The van der Waals surface area contributed by atoms with Gasteiger partial charge >= 0.3 is 0 Å². The van der Waals surface area contributed by atoms with Crippen molar-refractivity contribution in [2.24, 2.45) is 5.73 Å². The first kappa shape index (κ1) is 17.2. The number of carbonyl (C=O) groups is 1. The lowest BCUT2D eigenvalue weighted by Crippen LogP contribution is -2.11. The molecule has 1 heterocycles. The Morgan fingerprint density at radius 2 is 1.81 bits per heavy atom. The van der Waals surface area contributed by atoms with Crippen molar-refractivity contribution >= 4 is 27.7 Å². The molecular weight excluding hydrogens is 346 g/mol. The number of rotatable bonds is 4. The molecule has 0 bridgehead atoms. The number of benzene rings is 3. The average molecular weight is 363 g/mol. The number of nitrogens with zero attached hydrogens (tertiary/aromatic N) is 1. The zero-order valence-corrected chi connectivity index (χ0v) is 14.7. The summed E-state index contributed by atoms with van der Waals surface area (Å²) in [6, 6.07) is 16.0. The predicted molar refractivity (Wildman–Crippen MR) is 102 cm³/mol. The van der Waals surface area contributed by atoms with Gasteiger partial charge in [-0.25, -0.2) is 8.78 Å². The van der Waals surface area contributed by atoms with Crippen LogP contribution in [0.1, 0.15) is 28.4 Å². The van der Waals surface area contributed by atoms with Crippen LogP contribution < -0.4 is 5.73 Å². The monoisotopic (exact) mass is 363 g/mol. The van der Waals surface area contributed by atoms with Crippen molar-refractivity contribution in [1.82, 2.24) is 4.57 Å². The Morgan fingerprint density at radius 3 is 2.48 bits per heavy atom. The van der Waals surface area contributed by atoms with E-state index in [1.165, 1.54) is 12.1 Å². The van der Waals surface area contributed by atoms with Gasteiger partial charge in [-0.15, -0.1) is 0 Å². The van der Waals surface area contributed by atoms with Gasteiger partial charge in [0, 0.05) is 28.9 Å². The third-order valence-electron chi connectivity index (χ3n) is 4.79. The molecule has 1 aromatic heterocycles. The summed E-state index contributed by atoms with van der Waals surface area (Å²) in [5, 5.41) is 1.48. The Labute approximate surface area is 155 Å². The minimum absolute atomic E-state index is 0.262. The number of aromatic nitrogens is 1. The summed E-state index contributed by atoms with van der Waals surface area (Å²) in [6.45, 7) is 2.30. The molecular formula is C22H17F2N2O. The van der Waals surface area contributed by atoms with Crippen LogP contribution in [0, 0.1) is 17.7 Å². The summed E-state index contributed by atoms with van der Waals surface area (Å²) >= 11 is 0. The van der Waals surface area contributed by atoms with Crippen LogP contribution in [0.3, 0.4) is 0 Å². The smallest absolute Gasteiger partial charge is 0.249 e. The van der Waals surface area contributed by atoms with Gasteiger partial charge in [0.1, 0.15) is 11.6 Å². The van der Waals surface area contributed by atoms with E-state index in [9.17, 15) is 13.6 Å². The Kier molecular flexibility index (Phi) is 4.15. The van der Waals surface area contributed by atoms with Crippen molar-refractivity contribution < 1.29 is 13.6 Å². The van der Waals surface area contributed by atoms with Crippen LogP contribution in [0.5, 0.6) is 0 Å². The van der Waals surface area contributed by atoms with Crippen molar-refractivity contribution in [3.05, 3.63) is 82.9 Å². The lowest BCUT2D eigenvalue weighted by molar-refractivity contribution is 0.100. The molecule has 0 unspecified atom stereocenters. The molecule has 0 aliphatic carbocycles. The molecule has 5 heteroatoms. The number of fused-ring (bicyclic) bond motifs is 3. The minimum atomic E-state index is -0.621. The third-order valence-corrected chi connectivity index (χ3v) is 4.79. The van der Waals surface area contributed by atoms with Crippen molar-refractivity contribution in [3.8, 4) is 0 Å². The fourth-order valence-electron chi connectivity index (χ4n) is 3.56. The number of nitrogens with two attached hydrogens (primary N) is 1. The molecule has 0 saturated carbocycles. The molecule has 1 amide bonds. The fraction of sp³-hybridized carbons (Fsp3) is 0.136. The molecule has 4 rings (SSSR count). The number of hydrogen-bond donors (Lipinski definition) is 1. The third kappa shape index (κ3) is 2.95. The summed E-state index contributed by atoms with van der Waals surface area (Å²) in [7, 11) is 0. The molecule has 135 valence electrons. The van der Waals surface area contributed by atoms with E-state index in [-0.39, 0.29) is 6.54 Å². The summed E-state index contributed by atoms with van der Waals surface area (Å²) in [5.74, 6) is -1.77. The second-order valence-electron chi connectivity index (χ2n) is 6.55. The SMILES string of the molecule is CCc1c[c]c2c3c(C(N)=O)cccc3n(Cc3cc(F)cc(F)c3)c2c1. The molecule has 0 saturated heterocycles. The topological polar surface area (TPSA) is 48.0 Å². The predicted octanol–water partition coefficient (Wildman–Crippen LogP) is 4.58. The first-order valence-electron chi connectivity index (χ1n) is 8.68. The van der Waals surface area contributed by atoms with E-state index in [1.54, 1.807) is 12.1 Å². The van der Waals surface area contributed by atoms with E-state index in [4.69, 9.17) is 5.73 Å². The average Bonchev–Trinajstić information content (AvgIpc) is 2.94. The van der Waals surface area contributed by atoms with Crippen LogP contribution in [0.15, 0.2) is 48.5 Å². The van der Waals surface area contributed by atoms with Gasteiger partial charge < -0.3 is 10.3 Å². The molecule has 0 spiro atoms. The van der Waals surface area contributed by atoms with Crippen LogP contribution in [-0.2, 0) is 13.0 Å². The first-order chi connectivity index (χ1) is 13.0. The molecule has 0 aliphatic rings. The highest BCUT2D eigenvalue weighted by atomic mass is 19.1. The van der Waals surface area contributed by atoms with Crippen LogP contribution >= 0.6 is 0 Å². The first-order valence-corrected chi connectivity index (χ1v) is 8.68. The maximum atomic E-state index is 13.7. The van der Waals surface area contributed by atoms with Gasteiger partial charge in [-0.3, -0.25) is 4.79 Å². The van der Waals surface area contributed by atoms with Gasteiger partial charge in [0.15, 0.2) is 0 Å². The van der Waals surface area contributed by atoms with Gasteiger partial charge in [0.2, 0.25) is 5.91 Å². The van der Waals surface area contributed by atoms with Crippen LogP contribution in [0.2, 0.25) is 0 Å². The van der Waals surface area contributed by atoms with Crippen LogP contribution in [0.4, 0.5) is 8.78 Å². The standard InChI is InChI=1S/C22H17F2N2O/c1-2-13-6-7-17-20(10-13)26(12-14-8-15(23)11-16(24)9-14)19-5-3-4-18(21(17)19)22(25)27/h3-6,8-11H,2,12H2,1H3,(H2,25,27). The number of amides is 1. The molecule has 1 radical (unpaired) electrons. The van der Waals surface area contributed by atoms with Crippen LogP contribution in [-0.4, -0.2) is 10.5 Å². The van der Waals surface area contributed by atoms with Gasteiger partial charge in [-0.1, -0.05) is 19.1 Å². The lowest BCUT2D eigenvalue weighted by atomic mass is 10.0. The van der Waals surface area contributed by atoms with Crippen LogP contribution in [0.25, 0.3) is 21.8 Å². The summed E-state index contributed by atoms with van der Waals surface area (Å²) in [6.07, 6.45) is 0.825. The quantitative estimate of drug-likeness (QED) is 0.567. The van der Waals surface area contributed by atoms with Gasteiger partial charge in [0.05, 0.1) is 11.0 Å². The number of hydrogen-bond acceptors (Lipinski definition) is 1. The highest BCUT2D eigenvalue weighted by Gasteiger charge is 2.17. The van der Waals surface area contributed by atoms with Crippen molar-refractivity contribution in [1.29, 1.82) is 0 Å². The van der Waals surface area contributed by atoms with Gasteiger partial charge in [0.25, 0.3) is 0 Å². The van der Waals surface area contributed by atoms with E-state index in [0.717, 1.165) is 34.5 Å². The summed E-state index contributed by atoms with van der Waals surface area (Å²) in [5.41, 5.74) is 9.17. The summed E-state index contributed by atoms with van der Waals surface area (Å²) < 4.78 is 29.3. The van der Waals surface area contributed by atoms with E-state index < -0.39 is 17.5 Å². The highest BCUT2D eigenvalue weighted by Crippen LogP contribution is 2.33. The van der Waals surface area contributed by atoms with Gasteiger partial charge in [-0.2, -0.15) is 0 Å². The number of primary amides is 1. The van der Waals surface area contributed by atoms with Gasteiger partial charge in [-0.05, 0) is 53.9 Å². The maximum Gasteiger partial charge on any atom is 0.249 e. The number of aryl methyl sites for hydroxylation is 1. The molecule has 3 nitrogen and oxygen atoms in total. The molecule has 4 aromatic rings. The largest absolute Gasteiger partial charge is 0.366 e. The molecule has 0 atom stereocenters. The van der Waals surface area contributed by atoms with Crippen molar-refractivity contribution in [2.45, 2.75) is 19.9 Å². The van der Waals surface area contributed by atoms with Crippen molar-refractivity contribution in [2.75, 3.05) is 0 Å². The Balaban J connectivity index is 2.04. The fourth-order valence-corrected chi connectivity index (χ4v) is 3.56. The normalized spacial score (nSPS) is 11.4. The second-order valence-corrected chi connectivity index (χ2v) is 6.55. The van der Waals surface area contributed by atoms with E-state index >= 15 is 0 Å². The Bertz CT molecular complexity index is 1170. The molecule has 27 heavy (non-hydrogen) atoms. The molecule has 2 N–H and O–H groups in total. The molecule has 0 fully saturated rings. The lowest BCUT2D eigenvalue weighted by Gasteiger charge is -2.09. The number of carbonyl (C=O) groups excluding carboxylic acids is 1. The second kappa shape index (κ2) is 6.50. The molecule has 3 aromatic carbocycles. The summed E-state index contributed by atoms with van der Waals surface area (Å²) in [4.78, 5) is 11.9. The maximum absolute atomic E-state index is 13.7. The highest BCUT2D eigenvalue weighted by molar-refractivity contribution is 6.17. The van der Waals surface area contributed by atoms with E-state index in [0.29, 0.717) is 16.5 Å². The minimum Gasteiger partial charge on any atom is -0.366 e. The Morgan fingerprint density at radius 1 is 1.07 bits per heavy atom. The number of halogens is 2. The molecule has 0 aliphatic heterocycles. The van der Waals surface area contributed by atoms with E-state index in [2.05, 4.69) is 6.07 Å². The van der Waals surface area contributed by atoms with E-state index in [1.807, 2.05) is 29.7 Å². The zero-order chi connectivity index (χ0) is 19.1. The van der Waals surface area contributed by atoms with Crippen molar-refractivity contribution in [3.63, 3.8) is 0 Å². The Hall–Kier alpha value is -3.21.